The van der Waals surface area contributed by atoms with Gasteiger partial charge in [0.25, 0.3) is 0 Å². The molecule has 0 saturated carbocycles. The maximum atomic E-state index is 9.52. The van der Waals surface area contributed by atoms with E-state index in [-0.39, 0.29) is 12.5 Å². The van der Waals surface area contributed by atoms with Crippen LogP contribution in [0.2, 0.25) is 0 Å². The van der Waals surface area contributed by atoms with E-state index in [1.807, 2.05) is 12.1 Å². The van der Waals surface area contributed by atoms with Crippen molar-refractivity contribution >= 4 is 15.9 Å². The lowest BCUT2D eigenvalue weighted by Crippen LogP contribution is -2.08. The molecule has 2 unspecified atom stereocenters. The van der Waals surface area contributed by atoms with Crippen molar-refractivity contribution in [2.24, 2.45) is 0 Å². The predicted molar refractivity (Wildman–Crippen MR) is 76.8 cm³/mol. The second-order valence-corrected chi connectivity index (χ2v) is 5.92. The Morgan fingerprint density at radius 3 is 3.00 bits per heavy atom. The molecule has 1 saturated heterocycles. The minimum Gasteiger partial charge on any atom is -0.396 e. The van der Waals surface area contributed by atoms with Crippen molar-refractivity contribution in [1.29, 1.82) is 0 Å². The first-order valence-corrected chi connectivity index (χ1v) is 7.57. The van der Waals surface area contributed by atoms with Gasteiger partial charge >= 0.3 is 0 Å². The highest BCUT2D eigenvalue weighted by atomic mass is 79.9. The number of aliphatic hydroxyl groups is 1. The van der Waals surface area contributed by atoms with Crippen LogP contribution in [0.25, 0.3) is 0 Å². The molecule has 100 valence electrons. The number of halogens is 1. The largest absolute Gasteiger partial charge is 0.396 e. The predicted octanol–water partition coefficient (Wildman–Crippen LogP) is 3.87. The highest BCUT2D eigenvalue weighted by Gasteiger charge is 2.16. The maximum Gasteiger partial charge on any atom is 0.0576 e. The van der Waals surface area contributed by atoms with E-state index in [0.717, 1.165) is 30.3 Å². The van der Waals surface area contributed by atoms with E-state index in [0.29, 0.717) is 6.10 Å². The van der Waals surface area contributed by atoms with Crippen molar-refractivity contribution in [1.82, 2.24) is 0 Å². The van der Waals surface area contributed by atoms with Gasteiger partial charge < -0.3 is 9.84 Å². The fourth-order valence-corrected chi connectivity index (χ4v) is 3.00. The number of hydrogen-bond donors (Lipinski definition) is 1. The van der Waals surface area contributed by atoms with Gasteiger partial charge in [-0.15, -0.1) is 0 Å². The van der Waals surface area contributed by atoms with E-state index < -0.39 is 0 Å². The zero-order chi connectivity index (χ0) is 12.8. The Hall–Kier alpha value is -0.380. The van der Waals surface area contributed by atoms with Gasteiger partial charge in [0.15, 0.2) is 0 Å². The van der Waals surface area contributed by atoms with Crippen molar-refractivity contribution in [2.45, 2.75) is 44.1 Å². The Morgan fingerprint density at radius 1 is 1.44 bits per heavy atom. The van der Waals surface area contributed by atoms with Crippen LogP contribution in [0.5, 0.6) is 0 Å². The molecule has 2 atom stereocenters. The molecule has 0 amide bonds. The quantitative estimate of drug-likeness (QED) is 0.864. The third-order valence-corrected chi connectivity index (χ3v) is 4.14. The summed E-state index contributed by atoms with van der Waals surface area (Å²) >= 11 is 3.48. The zero-order valence-electron chi connectivity index (χ0n) is 10.6. The Balaban J connectivity index is 1.81. The SMILES string of the molecule is OCC(CCCC1CCCO1)c1cccc(Br)c1. The second kappa shape index (κ2) is 7.27. The van der Waals surface area contributed by atoms with Gasteiger partial charge in [-0.25, -0.2) is 0 Å². The summed E-state index contributed by atoms with van der Waals surface area (Å²) in [6.45, 7) is 1.15. The molecule has 0 bridgehead atoms. The zero-order valence-corrected chi connectivity index (χ0v) is 12.2. The van der Waals surface area contributed by atoms with Crippen LogP contribution in [0.3, 0.4) is 0 Å². The Morgan fingerprint density at radius 2 is 2.33 bits per heavy atom. The lowest BCUT2D eigenvalue weighted by molar-refractivity contribution is 0.101. The molecular formula is C15H21BrO2. The number of ether oxygens (including phenoxy) is 1. The molecule has 1 fully saturated rings. The molecule has 0 radical (unpaired) electrons. The number of rotatable bonds is 6. The Bertz CT molecular complexity index is 361. The molecule has 1 heterocycles. The minimum atomic E-state index is 0.224. The standard InChI is InChI=1S/C15H21BrO2/c16-14-6-1-4-12(10-14)13(11-17)5-2-7-15-8-3-9-18-15/h1,4,6,10,13,15,17H,2-3,5,7-9,11H2. The molecule has 1 aromatic rings. The first kappa shape index (κ1) is 14.0. The summed E-state index contributed by atoms with van der Waals surface area (Å²) in [5.41, 5.74) is 1.22. The molecule has 0 aliphatic carbocycles. The summed E-state index contributed by atoms with van der Waals surface area (Å²) in [5.74, 6) is 0.254. The van der Waals surface area contributed by atoms with Crippen LogP contribution in [0.15, 0.2) is 28.7 Å². The van der Waals surface area contributed by atoms with Crippen molar-refractivity contribution < 1.29 is 9.84 Å². The smallest absolute Gasteiger partial charge is 0.0576 e. The third-order valence-electron chi connectivity index (χ3n) is 3.64. The van der Waals surface area contributed by atoms with Gasteiger partial charge in [0.2, 0.25) is 0 Å². The molecular weight excluding hydrogens is 292 g/mol. The summed E-state index contributed by atoms with van der Waals surface area (Å²) in [4.78, 5) is 0. The monoisotopic (exact) mass is 312 g/mol. The Labute approximate surface area is 117 Å². The van der Waals surface area contributed by atoms with E-state index in [4.69, 9.17) is 4.74 Å². The van der Waals surface area contributed by atoms with Gasteiger partial charge in [-0.1, -0.05) is 34.5 Å². The average Bonchev–Trinajstić information content (AvgIpc) is 2.88. The Kier molecular flexibility index (Phi) is 5.67. The molecule has 2 nitrogen and oxygen atoms in total. The van der Waals surface area contributed by atoms with Gasteiger partial charge in [0.05, 0.1) is 6.10 Å². The van der Waals surface area contributed by atoms with Crippen LogP contribution < -0.4 is 0 Å². The van der Waals surface area contributed by atoms with Crippen LogP contribution in [-0.4, -0.2) is 24.4 Å². The molecule has 0 spiro atoms. The summed E-state index contributed by atoms with van der Waals surface area (Å²) in [6, 6.07) is 8.25. The highest BCUT2D eigenvalue weighted by Crippen LogP contribution is 2.26. The van der Waals surface area contributed by atoms with Crippen molar-refractivity contribution in [3.05, 3.63) is 34.3 Å². The summed E-state index contributed by atoms with van der Waals surface area (Å²) in [6.07, 6.45) is 6.17. The summed E-state index contributed by atoms with van der Waals surface area (Å²) < 4.78 is 6.70. The summed E-state index contributed by atoms with van der Waals surface area (Å²) in [7, 11) is 0. The van der Waals surface area contributed by atoms with Crippen molar-refractivity contribution in [3.8, 4) is 0 Å². The van der Waals surface area contributed by atoms with E-state index in [9.17, 15) is 5.11 Å². The molecule has 0 aromatic heterocycles. The number of benzene rings is 1. The van der Waals surface area contributed by atoms with Crippen LogP contribution in [0, 0.1) is 0 Å². The molecule has 1 aromatic carbocycles. The molecule has 3 heteroatoms. The van der Waals surface area contributed by atoms with Crippen LogP contribution in [-0.2, 0) is 4.74 Å². The second-order valence-electron chi connectivity index (χ2n) is 5.00. The molecule has 1 aliphatic rings. The van der Waals surface area contributed by atoms with Crippen LogP contribution in [0.1, 0.15) is 43.6 Å². The van der Waals surface area contributed by atoms with E-state index >= 15 is 0 Å². The van der Waals surface area contributed by atoms with E-state index in [2.05, 4.69) is 28.1 Å². The fourth-order valence-electron chi connectivity index (χ4n) is 2.59. The molecule has 1 N–H and O–H groups in total. The number of aliphatic hydroxyl groups excluding tert-OH is 1. The fraction of sp³-hybridized carbons (Fsp3) is 0.600. The highest BCUT2D eigenvalue weighted by molar-refractivity contribution is 9.10. The van der Waals surface area contributed by atoms with Crippen LogP contribution >= 0.6 is 15.9 Å². The normalized spacial score (nSPS) is 21.1. The molecule has 2 rings (SSSR count). The van der Waals surface area contributed by atoms with Crippen LogP contribution in [0.4, 0.5) is 0 Å². The van der Waals surface area contributed by atoms with Gasteiger partial charge in [0, 0.05) is 23.6 Å². The van der Waals surface area contributed by atoms with Gasteiger partial charge in [-0.2, -0.15) is 0 Å². The van der Waals surface area contributed by atoms with E-state index in [1.54, 1.807) is 0 Å². The first-order chi connectivity index (χ1) is 8.79. The average molecular weight is 313 g/mol. The van der Waals surface area contributed by atoms with E-state index in [1.165, 1.54) is 18.4 Å². The van der Waals surface area contributed by atoms with Crippen molar-refractivity contribution in [3.63, 3.8) is 0 Å². The summed E-state index contributed by atoms with van der Waals surface area (Å²) in [5, 5.41) is 9.52. The number of hydrogen-bond acceptors (Lipinski definition) is 2. The molecule has 1 aliphatic heterocycles. The van der Waals surface area contributed by atoms with Gasteiger partial charge in [-0.05, 0) is 43.4 Å². The lowest BCUT2D eigenvalue weighted by atomic mass is 9.93. The molecule has 18 heavy (non-hydrogen) atoms. The first-order valence-electron chi connectivity index (χ1n) is 6.77. The maximum absolute atomic E-state index is 9.52. The third kappa shape index (κ3) is 4.08. The minimum absolute atomic E-state index is 0.224. The topological polar surface area (TPSA) is 29.5 Å². The van der Waals surface area contributed by atoms with Crippen molar-refractivity contribution in [2.75, 3.05) is 13.2 Å². The van der Waals surface area contributed by atoms with Gasteiger partial charge in [-0.3, -0.25) is 0 Å². The van der Waals surface area contributed by atoms with Gasteiger partial charge in [0.1, 0.15) is 0 Å². The lowest BCUT2D eigenvalue weighted by Gasteiger charge is -2.16.